The van der Waals surface area contributed by atoms with E-state index in [2.05, 4.69) is 83.3 Å². The highest BCUT2D eigenvalue weighted by molar-refractivity contribution is 5.98. The van der Waals surface area contributed by atoms with Crippen molar-refractivity contribution in [3.63, 3.8) is 0 Å². The van der Waals surface area contributed by atoms with Crippen LogP contribution in [0.2, 0.25) is 0 Å². The fourth-order valence-corrected chi connectivity index (χ4v) is 3.46. The summed E-state index contributed by atoms with van der Waals surface area (Å²) in [4.78, 5) is 4.77. The predicted molar refractivity (Wildman–Crippen MR) is 104 cm³/mol. The molecular weight excluding hydrogens is 304 g/mol. The Labute approximate surface area is 146 Å². The fraction of sp³-hybridized carbons (Fsp3) is 0. The van der Waals surface area contributed by atoms with E-state index in [9.17, 15) is 0 Å². The van der Waals surface area contributed by atoms with E-state index in [1.54, 1.807) is 0 Å². The van der Waals surface area contributed by atoms with E-state index in [1.807, 2.05) is 18.3 Å². The van der Waals surface area contributed by atoms with Gasteiger partial charge in [-0.05, 0) is 17.0 Å². The zero-order valence-corrected chi connectivity index (χ0v) is 13.6. The molecule has 2 heterocycles. The second kappa shape index (κ2) is 5.60. The van der Waals surface area contributed by atoms with Gasteiger partial charge in [-0.3, -0.25) is 4.40 Å². The van der Waals surface area contributed by atoms with Crippen LogP contribution in [0.15, 0.2) is 97.2 Å². The SMILES string of the molecule is c1ccc(-c2cnc3c4ccccc4cc(-c4ccccc4)n23)cc1. The number of nitrogens with zero attached hydrogens (tertiary/aromatic N) is 2. The first-order valence-corrected chi connectivity index (χ1v) is 8.42. The molecule has 0 amide bonds. The number of rotatable bonds is 2. The molecule has 0 saturated carbocycles. The number of hydrogen-bond acceptors (Lipinski definition) is 1. The van der Waals surface area contributed by atoms with E-state index >= 15 is 0 Å². The van der Waals surface area contributed by atoms with Crippen LogP contribution in [0.5, 0.6) is 0 Å². The van der Waals surface area contributed by atoms with Crippen molar-refractivity contribution < 1.29 is 0 Å². The van der Waals surface area contributed by atoms with Gasteiger partial charge in [0.2, 0.25) is 0 Å². The van der Waals surface area contributed by atoms with Crippen molar-refractivity contribution in [1.82, 2.24) is 9.38 Å². The lowest BCUT2D eigenvalue weighted by molar-refractivity contribution is 1.21. The molecule has 0 aliphatic heterocycles. The molecule has 0 unspecified atom stereocenters. The van der Waals surface area contributed by atoms with E-state index < -0.39 is 0 Å². The third-order valence-electron chi connectivity index (χ3n) is 4.64. The van der Waals surface area contributed by atoms with Gasteiger partial charge in [-0.25, -0.2) is 4.98 Å². The monoisotopic (exact) mass is 320 g/mol. The Morgan fingerprint density at radius 1 is 0.600 bits per heavy atom. The molecule has 0 aliphatic rings. The maximum absolute atomic E-state index is 4.77. The van der Waals surface area contributed by atoms with E-state index in [0.717, 1.165) is 17.0 Å². The van der Waals surface area contributed by atoms with Crippen molar-refractivity contribution in [3.05, 3.63) is 97.2 Å². The van der Waals surface area contributed by atoms with E-state index in [1.165, 1.54) is 21.9 Å². The molecule has 118 valence electrons. The molecule has 0 aliphatic carbocycles. The van der Waals surface area contributed by atoms with Crippen LogP contribution >= 0.6 is 0 Å². The van der Waals surface area contributed by atoms with Crippen LogP contribution in [0.1, 0.15) is 0 Å². The van der Waals surface area contributed by atoms with Crippen LogP contribution < -0.4 is 0 Å². The molecule has 5 rings (SSSR count). The topological polar surface area (TPSA) is 17.3 Å². The molecule has 0 atom stereocenters. The maximum atomic E-state index is 4.77. The minimum Gasteiger partial charge on any atom is -0.292 e. The molecule has 3 aromatic carbocycles. The van der Waals surface area contributed by atoms with Crippen molar-refractivity contribution in [2.75, 3.05) is 0 Å². The molecule has 2 heteroatoms. The van der Waals surface area contributed by atoms with Gasteiger partial charge in [0.15, 0.2) is 0 Å². The number of pyridine rings is 1. The Balaban J connectivity index is 1.94. The van der Waals surface area contributed by atoms with Crippen molar-refractivity contribution >= 4 is 16.4 Å². The summed E-state index contributed by atoms with van der Waals surface area (Å²) in [6, 6.07) is 31.6. The van der Waals surface area contributed by atoms with E-state index in [4.69, 9.17) is 4.98 Å². The van der Waals surface area contributed by atoms with Crippen LogP contribution in [0.4, 0.5) is 0 Å². The highest BCUT2D eigenvalue weighted by Gasteiger charge is 2.14. The third kappa shape index (κ3) is 2.23. The molecule has 2 aromatic heterocycles. The second-order valence-corrected chi connectivity index (χ2v) is 6.15. The van der Waals surface area contributed by atoms with Crippen LogP contribution in [-0.4, -0.2) is 9.38 Å². The Kier molecular flexibility index (Phi) is 3.14. The van der Waals surface area contributed by atoms with E-state index in [-0.39, 0.29) is 0 Å². The first-order chi connectivity index (χ1) is 12.4. The minimum absolute atomic E-state index is 0.996. The van der Waals surface area contributed by atoms with Gasteiger partial charge in [-0.15, -0.1) is 0 Å². The minimum atomic E-state index is 0.996. The number of imidazole rings is 1. The van der Waals surface area contributed by atoms with Crippen molar-refractivity contribution in [2.45, 2.75) is 0 Å². The normalized spacial score (nSPS) is 11.2. The number of hydrogen-bond donors (Lipinski definition) is 0. The summed E-state index contributed by atoms with van der Waals surface area (Å²) in [6.07, 6.45) is 1.98. The van der Waals surface area contributed by atoms with Crippen molar-refractivity contribution in [3.8, 4) is 22.5 Å². The standard InChI is InChI=1S/C23H16N2/c1-3-9-17(10-4-1)21-15-19-13-7-8-14-20(19)23-24-16-22(25(21)23)18-11-5-2-6-12-18/h1-16H. The average Bonchev–Trinajstić information content (AvgIpc) is 3.14. The van der Waals surface area contributed by atoms with Gasteiger partial charge < -0.3 is 0 Å². The summed E-state index contributed by atoms with van der Waals surface area (Å²) in [5.74, 6) is 0. The van der Waals surface area contributed by atoms with Gasteiger partial charge in [0.25, 0.3) is 0 Å². The third-order valence-corrected chi connectivity index (χ3v) is 4.64. The predicted octanol–water partition coefficient (Wildman–Crippen LogP) is 5.82. The highest BCUT2D eigenvalue weighted by Crippen LogP contribution is 2.32. The summed E-state index contributed by atoms with van der Waals surface area (Å²) in [5, 5.41) is 2.38. The quantitative estimate of drug-likeness (QED) is 0.400. The summed E-state index contributed by atoms with van der Waals surface area (Å²) in [5.41, 5.74) is 5.62. The van der Waals surface area contributed by atoms with Gasteiger partial charge in [0.1, 0.15) is 5.65 Å². The Morgan fingerprint density at radius 3 is 1.92 bits per heavy atom. The molecule has 5 aromatic rings. The molecule has 0 saturated heterocycles. The summed E-state index contributed by atoms with van der Waals surface area (Å²) < 4.78 is 2.27. The van der Waals surface area contributed by atoms with Crippen molar-refractivity contribution in [2.24, 2.45) is 0 Å². The van der Waals surface area contributed by atoms with Crippen LogP contribution in [0.3, 0.4) is 0 Å². The second-order valence-electron chi connectivity index (χ2n) is 6.15. The first-order valence-electron chi connectivity index (χ1n) is 8.42. The molecular formula is C23H16N2. The fourth-order valence-electron chi connectivity index (χ4n) is 3.46. The molecule has 2 nitrogen and oxygen atoms in total. The number of benzene rings is 3. The summed E-state index contributed by atoms with van der Waals surface area (Å²) >= 11 is 0. The van der Waals surface area contributed by atoms with Gasteiger partial charge in [-0.1, -0.05) is 84.9 Å². The van der Waals surface area contributed by atoms with Gasteiger partial charge in [0.05, 0.1) is 17.6 Å². The van der Waals surface area contributed by atoms with Crippen LogP contribution in [0, 0.1) is 0 Å². The van der Waals surface area contributed by atoms with E-state index in [0.29, 0.717) is 0 Å². The van der Waals surface area contributed by atoms with Gasteiger partial charge >= 0.3 is 0 Å². The van der Waals surface area contributed by atoms with Crippen LogP contribution in [0.25, 0.3) is 38.9 Å². The molecule has 0 bridgehead atoms. The molecule has 0 radical (unpaired) electrons. The Morgan fingerprint density at radius 2 is 1.20 bits per heavy atom. The molecule has 0 N–H and O–H groups in total. The lowest BCUT2D eigenvalue weighted by atomic mass is 10.1. The summed E-state index contributed by atoms with van der Waals surface area (Å²) in [6.45, 7) is 0. The highest BCUT2D eigenvalue weighted by atomic mass is 15.0. The van der Waals surface area contributed by atoms with Crippen molar-refractivity contribution in [1.29, 1.82) is 0 Å². The Hall–Kier alpha value is -3.39. The first kappa shape index (κ1) is 14.0. The average molecular weight is 320 g/mol. The number of fused-ring (bicyclic) bond motifs is 3. The lowest BCUT2D eigenvalue weighted by Crippen LogP contribution is -1.96. The van der Waals surface area contributed by atoms with Gasteiger partial charge in [-0.2, -0.15) is 0 Å². The molecule has 0 fully saturated rings. The maximum Gasteiger partial charge on any atom is 0.145 e. The number of aromatic nitrogens is 2. The summed E-state index contributed by atoms with van der Waals surface area (Å²) in [7, 11) is 0. The van der Waals surface area contributed by atoms with Crippen LogP contribution in [-0.2, 0) is 0 Å². The largest absolute Gasteiger partial charge is 0.292 e. The lowest BCUT2D eigenvalue weighted by Gasteiger charge is -2.12. The molecule has 0 spiro atoms. The smallest absolute Gasteiger partial charge is 0.145 e. The van der Waals surface area contributed by atoms with Gasteiger partial charge in [0, 0.05) is 10.9 Å². The molecule has 25 heavy (non-hydrogen) atoms. The zero-order chi connectivity index (χ0) is 16.6. The Bertz CT molecular complexity index is 1170. The zero-order valence-electron chi connectivity index (χ0n) is 13.6.